The van der Waals surface area contributed by atoms with Crippen molar-refractivity contribution in [3.8, 4) is 0 Å². The maximum absolute atomic E-state index is 13.2. The Morgan fingerprint density at radius 2 is 1.86 bits per heavy atom. The van der Waals surface area contributed by atoms with E-state index in [1.165, 1.54) is 0 Å². The van der Waals surface area contributed by atoms with Gasteiger partial charge in [0.25, 0.3) is 0 Å². The monoisotopic (exact) mass is 400 g/mol. The van der Waals surface area contributed by atoms with Crippen LogP contribution in [0.15, 0.2) is 48.5 Å². The Labute approximate surface area is 172 Å². The van der Waals surface area contributed by atoms with Crippen molar-refractivity contribution < 1.29 is 9.59 Å². The number of halogens is 1. The lowest BCUT2D eigenvalue weighted by molar-refractivity contribution is -0.140. The molecule has 2 aromatic rings. The molecule has 2 amide bonds. The number of hydrogen-bond acceptors (Lipinski definition) is 2. The van der Waals surface area contributed by atoms with E-state index in [0.29, 0.717) is 24.5 Å². The van der Waals surface area contributed by atoms with E-state index in [1.54, 1.807) is 17.0 Å². The van der Waals surface area contributed by atoms with Gasteiger partial charge in [-0.15, -0.1) is 0 Å². The van der Waals surface area contributed by atoms with Gasteiger partial charge in [-0.1, -0.05) is 61.8 Å². The van der Waals surface area contributed by atoms with Crippen LogP contribution in [0.4, 0.5) is 0 Å². The first-order chi connectivity index (χ1) is 13.5. The number of carbonyl (C=O) groups excluding carboxylic acids is 2. The SMILES string of the molecule is CCCNC(=O)[C@H](CC)N(Cc1ccccc1C)C(=O)Cc1cccc(Cl)c1. The number of rotatable bonds is 9. The van der Waals surface area contributed by atoms with Crippen LogP contribution < -0.4 is 5.32 Å². The molecule has 1 N–H and O–H groups in total. The number of hydrogen-bond donors (Lipinski definition) is 1. The van der Waals surface area contributed by atoms with Gasteiger partial charge >= 0.3 is 0 Å². The summed E-state index contributed by atoms with van der Waals surface area (Å²) in [4.78, 5) is 27.7. The van der Waals surface area contributed by atoms with Crippen molar-refractivity contribution in [1.82, 2.24) is 10.2 Å². The van der Waals surface area contributed by atoms with Crippen molar-refractivity contribution >= 4 is 23.4 Å². The zero-order valence-electron chi connectivity index (χ0n) is 16.9. The van der Waals surface area contributed by atoms with Gasteiger partial charge in [-0.3, -0.25) is 9.59 Å². The highest BCUT2D eigenvalue weighted by molar-refractivity contribution is 6.30. The van der Waals surface area contributed by atoms with E-state index >= 15 is 0 Å². The third kappa shape index (κ3) is 6.10. The predicted molar refractivity (Wildman–Crippen MR) is 114 cm³/mol. The summed E-state index contributed by atoms with van der Waals surface area (Å²) in [6, 6.07) is 14.8. The molecule has 5 heteroatoms. The number of nitrogens with zero attached hydrogens (tertiary/aromatic N) is 1. The van der Waals surface area contributed by atoms with Crippen LogP contribution in [0.3, 0.4) is 0 Å². The first-order valence-corrected chi connectivity index (χ1v) is 10.2. The maximum Gasteiger partial charge on any atom is 0.242 e. The summed E-state index contributed by atoms with van der Waals surface area (Å²) in [5, 5.41) is 3.54. The molecule has 0 unspecified atom stereocenters. The molecule has 0 spiro atoms. The molecule has 0 aliphatic rings. The fraction of sp³-hybridized carbons (Fsp3) is 0.391. The van der Waals surface area contributed by atoms with E-state index in [4.69, 9.17) is 11.6 Å². The Bertz CT molecular complexity index is 807. The Kier molecular flexibility index (Phi) is 8.52. The van der Waals surface area contributed by atoms with E-state index in [-0.39, 0.29) is 18.2 Å². The summed E-state index contributed by atoms with van der Waals surface area (Å²) in [5.74, 6) is -0.179. The molecule has 1 atom stereocenters. The number of carbonyl (C=O) groups is 2. The minimum Gasteiger partial charge on any atom is -0.354 e. The third-order valence-corrected chi connectivity index (χ3v) is 5.02. The summed E-state index contributed by atoms with van der Waals surface area (Å²) < 4.78 is 0. The van der Waals surface area contributed by atoms with Crippen LogP contribution in [0.2, 0.25) is 5.02 Å². The summed E-state index contributed by atoms with van der Waals surface area (Å²) in [5.41, 5.74) is 2.99. The van der Waals surface area contributed by atoms with Crippen LogP contribution in [-0.4, -0.2) is 29.3 Å². The van der Waals surface area contributed by atoms with Gasteiger partial charge in [0.15, 0.2) is 0 Å². The second-order valence-corrected chi connectivity index (χ2v) is 7.41. The van der Waals surface area contributed by atoms with Crippen molar-refractivity contribution in [3.63, 3.8) is 0 Å². The Morgan fingerprint density at radius 1 is 1.11 bits per heavy atom. The molecular weight excluding hydrogens is 372 g/mol. The molecule has 0 saturated carbocycles. The number of amides is 2. The summed E-state index contributed by atoms with van der Waals surface area (Å²) in [7, 11) is 0. The molecule has 0 aliphatic carbocycles. The molecule has 150 valence electrons. The zero-order chi connectivity index (χ0) is 20.5. The molecule has 0 saturated heterocycles. The lowest BCUT2D eigenvalue weighted by atomic mass is 10.0. The second kappa shape index (κ2) is 10.9. The molecule has 0 aromatic heterocycles. The highest BCUT2D eigenvalue weighted by atomic mass is 35.5. The van der Waals surface area contributed by atoms with Gasteiger partial charge in [0.1, 0.15) is 6.04 Å². The number of nitrogens with one attached hydrogen (secondary N) is 1. The maximum atomic E-state index is 13.2. The number of aryl methyl sites for hydroxylation is 1. The van der Waals surface area contributed by atoms with Crippen molar-refractivity contribution in [1.29, 1.82) is 0 Å². The van der Waals surface area contributed by atoms with Crippen molar-refractivity contribution in [3.05, 3.63) is 70.2 Å². The molecule has 0 fully saturated rings. The van der Waals surface area contributed by atoms with E-state index in [2.05, 4.69) is 5.32 Å². The average Bonchev–Trinajstić information content (AvgIpc) is 2.67. The third-order valence-electron chi connectivity index (χ3n) is 4.78. The zero-order valence-corrected chi connectivity index (χ0v) is 17.6. The van der Waals surface area contributed by atoms with E-state index in [1.807, 2.05) is 57.2 Å². The van der Waals surface area contributed by atoms with Gasteiger partial charge in [-0.2, -0.15) is 0 Å². The topological polar surface area (TPSA) is 49.4 Å². The van der Waals surface area contributed by atoms with Crippen LogP contribution in [-0.2, 0) is 22.6 Å². The van der Waals surface area contributed by atoms with Crippen LogP contribution in [0, 0.1) is 6.92 Å². The first-order valence-electron chi connectivity index (χ1n) is 9.82. The van der Waals surface area contributed by atoms with Crippen molar-refractivity contribution in [2.24, 2.45) is 0 Å². The Morgan fingerprint density at radius 3 is 2.50 bits per heavy atom. The summed E-state index contributed by atoms with van der Waals surface area (Å²) >= 11 is 6.07. The smallest absolute Gasteiger partial charge is 0.242 e. The van der Waals surface area contributed by atoms with Gasteiger partial charge in [0.2, 0.25) is 11.8 Å². The molecule has 2 aromatic carbocycles. The van der Waals surface area contributed by atoms with E-state index in [9.17, 15) is 9.59 Å². The standard InChI is InChI=1S/C23H29ClN2O2/c1-4-13-25-23(28)21(5-2)26(16-19-11-7-6-9-17(19)3)22(27)15-18-10-8-12-20(24)14-18/h6-12,14,21H,4-5,13,15-16H2,1-3H3,(H,25,28)/t21-/m0/s1. The fourth-order valence-electron chi connectivity index (χ4n) is 3.18. The van der Waals surface area contributed by atoms with Crippen LogP contribution in [0.5, 0.6) is 0 Å². The van der Waals surface area contributed by atoms with Crippen LogP contribution in [0.1, 0.15) is 43.4 Å². The van der Waals surface area contributed by atoms with Gasteiger partial charge in [0, 0.05) is 18.1 Å². The fourth-order valence-corrected chi connectivity index (χ4v) is 3.39. The molecule has 0 heterocycles. The van der Waals surface area contributed by atoms with Crippen molar-refractivity contribution in [2.75, 3.05) is 6.54 Å². The highest BCUT2D eigenvalue weighted by Crippen LogP contribution is 2.18. The number of benzene rings is 2. The van der Waals surface area contributed by atoms with Crippen molar-refractivity contribution in [2.45, 2.75) is 52.6 Å². The summed E-state index contributed by atoms with van der Waals surface area (Å²) in [6.45, 7) is 6.98. The lowest BCUT2D eigenvalue weighted by Gasteiger charge is -2.31. The second-order valence-electron chi connectivity index (χ2n) is 6.97. The van der Waals surface area contributed by atoms with Gasteiger partial charge in [-0.05, 0) is 48.6 Å². The molecule has 4 nitrogen and oxygen atoms in total. The first kappa shape index (κ1) is 22.0. The minimum atomic E-state index is -0.502. The van der Waals surface area contributed by atoms with Crippen LogP contribution >= 0.6 is 11.6 Å². The average molecular weight is 401 g/mol. The molecule has 2 rings (SSSR count). The van der Waals surface area contributed by atoms with Gasteiger partial charge in [0.05, 0.1) is 6.42 Å². The quantitative estimate of drug-likeness (QED) is 0.672. The molecule has 0 aliphatic heterocycles. The molecule has 0 bridgehead atoms. The molecular formula is C23H29ClN2O2. The van der Waals surface area contributed by atoms with Crippen LogP contribution in [0.25, 0.3) is 0 Å². The Balaban J connectivity index is 2.29. The normalized spacial score (nSPS) is 11.7. The lowest BCUT2D eigenvalue weighted by Crippen LogP contribution is -2.49. The Hall–Kier alpha value is -2.33. The van der Waals surface area contributed by atoms with Gasteiger partial charge < -0.3 is 10.2 Å². The molecule has 28 heavy (non-hydrogen) atoms. The highest BCUT2D eigenvalue weighted by Gasteiger charge is 2.28. The predicted octanol–water partition coefficient (Wildman–Crippen LogP) is 4.52. The molecule has 0 radical (unpaired) electrons. The summed E-state index contributed by atoms with van der Waals surface area (Å²) in [6.07, 6.45) is 1.63. The largest absolute Gasteiger partial charge is 0.354 e. The minimum absolute atomic E-state index is 0.0796. The van der Waals surface area contributed by atoms with Gasteiger partial charge in [-0.25, -0.2) is 0 Å². The van der Waals surface area contributed by atoms with E-state index in [0.717, 1.165) is 23.1 Å². The van der Waals surface area contributed by atoms with E-state index < -0.39 is 6.04 Å².